The average Bonchev–Trinajstić information content (AvgIpc) is 2.21. The predicted molar refractivity (Wildman–Crippen MR) is 54.8 cm³/mol. The van der Waals surface area contributed by atoms with Crippen molar-refractivity contribution in [3.8, 4) is 11.8 Å². The number of pyridine rings is 1. The Labute approximate surface area is 94.8 Å². The van der Waals surface area contributed by atoms with Gasteiger partial charge in [0.05, 0.1) is 18.6 Å². The zero-order valence-corrected chi connectivity index (χ0v) is 9.22. The molecule has 0 spiro atoms. The fraction of sp³-hybridized carbons (Fsp3) is 0.333. The van der Waals surface area contributed by atoms with E-state index in [1.54, 1.807) is 6.07 Å². The lowest BCUT2D eigenvalue weighted by Crippen LogP contribution is -2.18. The minimum absolute atomic E-state index is 0.0490. The topological polar surface area (TPSA) is 97.4 Å². The second-order valence-corrected chi connectivity index (χ2v) is 3.73. The fourth-order valence-electron chi connectivity index (χ4n) is 1.05. The van der Waals surface area contributed by atoms with Crippen LogP contribution in [0.3, 0.4) is 0 Å². The molecular weight excluding hydrogens is 264 g/mol. The van der Waals surface area contributed by atoms with E-state index in [1.807, 2.05) is 0 Å². The van der Waals surface area contributed by atoms with E-state index in [9.17, 15) is 15.3 Å². The summed E-state index contributed by atoms with van der Waals surface area (Å²) in [7, 11) is 0. The summed E-state index contributed by atoms with van der Waals surface area (Å²) in [5, 5.41) is 36.7. The molecule has 5 nitrogen and oxygen atoms in total. The van der Waals surface area contributed by atoms with Gasteiger partial charge in [-0.15, -0.1) is 0 Å². The molecule has 2 atom stereocenters. The van der Waals surface area contributed by atoms with Gasteiger partial charge in [0.15, 0.2) is 0 Å². The lowest BCUT2D eigenvalue weighted by atomic mass is 10.1. The van der Waals surface area contributed by atoms with Crippen LogP contribution in [0.15, 0.2) is 16.7 Å². The Kier molecular flexibility index (Phi) is 4.03. The molecule has 6 heteroatoms. The molecule has 0 radical (unpaired) electrons. The molecular formula is C9H9BrN2O3. The summed E-state index contributed by atoms with van der Waals surface area (Å²) < 4.78 is 0.429. The number of aliphatic hydroxyl groups is 2. The molecule has 0 amide bonds. The second kappa shape index (κ2) is 5.07. The van der Waals surface area contributed by atoms with Crippen LogP contribution in [-0.4, -0.2) is 26.4 Å². The third kappa shape index (κ3) is 2.89. The predicted octanol–water partition coefficient (Wildman–Crippen LogP) is 0.858. The van der Waals surface area contributed by atoms with Crippen molar-refractivity contribution in [2.45, 2.75) is 18.6 Å². The number of hydrogen-bond donors (Lipinski definition) is 3. The Hall–Kier alpha value is -1.16. The molecule has 1 aromatic rings. The van der Waals surface area contributed by atoms with E-state index in [-0.39, 0.29) is 17.9 Å². The van der Waals surface area contributed by atoms with Gasteiger partial charge in [0.25, 0.3) is 0 Å². The molecule has 80 valence electrons. The number of nitrogens with zero attached hydrogens (tertiary/aromatic N) is 2. The number of hydrogen-bond acceptors (Lipinski definition) is 5. The molecule has 15 heavy (non-hydrogen) atoms. The van der Waals surface area contributed by atoms with Crippen LogP contribution in [0.1, 0.15) is 18.2 Å². The van der Waals surface area contributed by atoms with Crippen LogP contribution < -0.4 is 0 Å². The summed E-state index contributed by atoms with van der Waals surface area (Å²) in [6, 6.07) is 4.57. The first-order chi connectivity index (χ1) is 7.06. The minimum Gasteiger partial charge on any atom is -0.506 e. The summed E-state index contributed by atoms with van der Waals surface area (Å²) in [6.07, 6.45) is -2.86. The van der Waals surface area contributed by atoms with E-state index in [2.05, 4.69) is 20.9 Å². The normalized spacial score (nSPS) is 14.3. The van der Waals surface area contributed by atoms with E-state index in [0.717, 1.165) is 0 Å². The Morgan fingerprint density at radius 3 is 2.73 bits per heavy atom. The van der Waals surface area contributed by atoms with Crippen molar-refractivity contribution >= 4 is 15.9 Å². The number of halogens is 1. The highest BCUT2D eigenvalue weighted by Crippen LogP contribution is 2.26. The Balaban J connectivity index is 2.95. The van der Waals surface area contributed by atoms with Crippen molar-refractivity contribution in [1.29, 1.82) is 5.26 Å². The van der Waals surface area contributed by atoms with E-state index in [1.165, 1.54) is 12.1 Å². The monoisotopic (exact) mass is 272 g/mol. The summed E-state index contributed by atoms with van der Waals surface area (Å²) in [6.45, 7) is 0. The average molecular weight is 273 g/mol. The number of aromatic hydroxyl groups is 1. The van der Waals surface area contributed by atoms with Gasteiger partial charge in [0, 0.05) is 0 Å². The Morgan fingerprint density at radius 1 is 1.47 bits per heavy atom. The molecule has 0 aromatic carbocycles. The van der Waals surface area contributed by atoms with E-state index < -0.39 is 12.2 Å². The summed E-state index contributed by atoms with van der Waals surface area (Å²) >= 11 is 3.07. The van der Waals surface area contributed by atoms with Gasteiger partial charge >= 0.3 is 0 Å². The van der Waals surface area contributed by atoms with Crippen molar-refractivity contribution in [2.75, 3.05) is 0 Å². The van der Waals surface area contributed by atoms with Gasteiger partial charge in [0.1, 0.15) is 22.2 Å². The fourth-order valence-corrected chi connectivity index (χ4v) is 1.37. The van der Waals surface area contributed by atoms with Gasteiger partial charge < -0.3 is 15.3 Å². The van der Waals surface area contributed by atoms with Crippen molar-refractivity contribution in [3.05, 3.63) is 22.4 Å². The highest BCUT2D eigenvalue weighted by molar-refractivity contribution is 9.10. The molecule has 0 aliphatic heterocycles. The highest BCUT2D eigenvalue weighted by atomic mass is 79.9. The molecule has 0 saturated heterocycles. The largest absolute Gasteiger partial charge is 0.506 e. The number of aliphatic hydroxyl groups excluding tert-OH is 2. The van der Waals surface area contributed by atoms with Gasteiger partial charge in [-0.3, -0.25) is 0 Å². The van der Waals surface area contributed by atoms with Crippen LogP contribution in [0.2, 0.25) is 0 Å². The molecule has 0 saturated carbocycles. The SMILES string of the molecule is N#CCC(O)C(O)c1nc(Br)ccc1O. The van der Waals surface area contributed by atoms with Gasteiger partial charge in [-0.05, 0) is 28.1 Å². The van der Waals surface area contributed by atoms with Crippen LogP contribution in [0.5, 0.6) is 5.75 Å². The first-order valence-electron chi connectivity index (χ1n) is 4.14. The molecule has 3 N–H and O–H groups in total. The Bertz CT molecular complexity index is 391. The summed E-state index contributed by atoms with van der Waals surface area (Å²) in [5.74, 6) is -0.220. The maximum atomic E-state index is 9.58. The molecule has 0 fully saturated rings. The van der Waals surface area contributed by atoms with Crippen LogP contribution in [0.4, 0.5) is 0 Å². The van der Waals surface area contributed by atoms with E-state index >= 15 is 0 Å². The zero-order valence-electron chi connectivity index (χ0n) is 7.63. The van der Waals surface area contributed by atoms with Crippen molar-refractivity contribution in [1.82, 2.24) is 4.98 Å². The van der Waals surface area contributed by atoms with Gasteiger partial charge in [0.2, 0.25) is 0 Å². The number of nitriles is 1. The second-order valence-electron chi connectivity index (χ2n) is 2.91. The minimum atomic E-state index is -1.37. The van der Waals surface area contributed by atoms with Crippen LogP contribution in [0, 0.1) is 11.3 Å². The quantitative estimate of drug-likeness (QED) is 0.709. The van der Waals surface area contributed by atoms with Gasteiger partial charge in [-0.1, -0.05) is 0 Å². The van der Waals surface area contributed by atoms with Crippen molar-refractivity contribution < 1.29 is 15.3 Å². The highest BCUT2D eigenvalue weighted by Gasteiger charge is 2.22. The van der Waals surface area contributed by atoms with Crippen molar-refractivity contribution in [2.24, 2.45) is 0 Å². The first-order valence-corrected chi connectivity index (χ1v) is 4.94. The smallest absolute Gasteiger partial charge is 0.139 e. The molecule has 1 aromatic heterocycles. The van der Waals surface area contributed by atoms with E-state index in [0.29, 0.717) is 4.60 Å². The van der Waals surface area contributed by atoms with Crippen molar-refractivity contribution in [3.63, 3.8) is 0 Å². The molecule has 1 rings (SSSR count). The maximum absolute atomic E-state index is 9.58. The van der Waals surface area contributed by atoms with Gasteiger partial charge in [-0.2, -0.15) is 5.26 Å². The lowest BCUT2D eigenvalue weighted by Gasteiger charge is -2.15. The van der Waals surface area contributed by atoms with E-state index in [4.69, 9.17) is 5.26 Å². The van der Waals surface area contributed by atoms with Gasteiger partial charge in [-0.25, -0.2) is 4.98 Å². The summed E-state index contributed by atoms with van der Waals surface area (Å²) in [4.78, 5) is 3.82. The first kappa shape index (κ1) is 11.9. The third-order valence-corrected chi connectivity index (χ3v) is 2.26. The molecule has 0 bridgehead atoms. The van der Waals surface area contributed by atoms with Crippen LogP contribution in [-0.2, 0) is 0 Å². The molecule has 0 aliphatic rings. The standard InChI is InChI=1S/C9H9BrN2O3/c10-7-2-1-5(13)8(12-7)9(15)6(14)3-4-11/h1-2,6,9,13-15H,3H2. The maximum Gasteiger partial charge on any atom is 0.139 e. The lowest BCUT2D eigenvalue weighted by molar-refractivity contribution is 0.0174. The molecule has 1 heterocycles. The molecule has 0 aliphatic carbocycles. The summed E-state index contributed by atoms with van der Waals surface area (Å²) in [5.41, 5.74) is -0.0490. The van der Waals surface area contributed by atoms with Crippen LogP contribution >= 0.6 is 15.9 Å². The zero-order chi connectivity index (χ0) is 11.4. The number of aromatic nitrogens is 1. The Morgan fingerprint density at radius 2 is 2.13 bits per heavy atom. The third-order valence-electron chi connectivity index (χ3n) is 1.81. The van der Waals surface area contributed by atoms with Crippen LogP contribution in [0.25, 0.3) is 0 Å². The number of rotatable bonds is 3. The molecule has 2 unspecified atom stereocenters.